The SMILES string of the molecule is Cc1cc(COC(=O)c2cc3cnn(C(C)C)c3nc2C)no1. The maximum Gasteiger partial charge on any atom is 0.340 e. The minimum Gasteiger partial charge on any atom is -0.455 e. The number of aromatic nitrogens is 4. The molecule has 0 N–H and O–H groups in total. The van der Waals surface area contributed by atoms with Crippen molar-refractivity contribution in [3.8, 4) is 0 Å². The highest BCUT2D eigenvalue weighted by atomic mass is 16.5. The molecule has 0 atom stereocenters. The molecular formula is C16H18N4O3. The summed E-state index contributed by atoms with van der Waals surface area (Å²) in [6.45, 7) is 7.70. The van der Waals surface area contributed by atoms with Crippen molar-refractivity contribution >= 4 is 17.0 Å². The number of carbonyl (C=O) groups is 1. The van der Waals surface area contributed by atoms with Crippen LogP contribution in [0.2, 0.25) is 0 Å². The first-order valence-electron chi connectivity index (χ1n) is 7.40. The van der Waals surface area contributed by atoms with E-state index in [0.29, 0.717) is 22.7 Å². The second-order valence-electron chi connectivity index (χ2n) is 5.72. The third-order valence-corrected chi connectivity index (χ3v) is 3.50. The first kappa shape index (κ1) is 15.2. The van der Waals surface area contributed by atoms with Gasteiger partial charge in [-0.1, -0.05) is 5.16 Å². The Kier molecular flexibility index (Phi) is 3.85. The summed E-state index contributed by atoms with van der Waals surface area (Å²) in [5.41, 5.74) is 2.39. The highest BCUT2D eigenvalue weighted by molar-refractivity contribution is 5.94. The van der Waals surface area contributed by atoms with Gasteiger partial charge in [-0.25, -0.2) is 14.5 Å². The fraction of sp³-hybridized carbons (Fsp3) is 0.375. The van der Waals surface area contributed by atoms with Gasteiger partial charge in [0.1, 0.15) is 18.1 Å². The van der Waals surface area contributed by atoms with Gasteiger partial charge in [-0.15, -0.1) is 0 Å². The van der Waals surface area contributed by atoms with E-state index in [1.165, 1.54) is 0 Å². The van der Waals surface area contributed by atoms with Crippen LogP contribution in [0.1, 0.15) is 47.4 Å². The molecule has 0 saturated carbocycles. The lowest BCUT2D eigenvalue weighted by Gasteiger charge is -2.09. The predicted octanol–water partition coefficient (Wildman–Crippen LogP) is 2.97. The van der Waals surface area contributed by atoms with Crippen LogP contribution in [0.5, 0.6) is 0 Å². The highest BCUT2D eigenvalue weighted by Gasteiger charge is 2.17. The van der Waals surface area contributed by atoms with Crippen molar-refractivity contribution in [1.82, 2.24) is 19.9 Å². The number of rotatable bonds is 4. The predicted molar refractivity (Wildman–Crippen MR) is 83.0 cm³/mol. The Morgan fingerprint density at radius 1 is 1.35 bits per heavy atom. The van der Waals surface area contributed by atoms with E-state index in [4.69, 9.17) is 9.26 Å². The zero-order chi connectivity index (χ0) is 16.6. The maximum absolute atomic E-state index is 12.3. The van der Waals surface area contributed by atoms with Crippen LogP contribution in [0.25, 0.3) is 11.0 Å². The average Bonchev–Trinajstić information content (AvgIpc) is 3.09. The molecule has 0 spiro atoms. The molecule has 0 amide bonds. The molecule has 120 valence electrons. The number of pyridine rings is 1. The van der Waals surface area contributed by atoms with Crippen molar-refractivity contribution < 1.29 is 14.1 Å². The summed E-state index contributed by atoms with van der Waals surface area (Å²) in [4.78, 5) is 16.8. The van der Waals surface area contributed by atoms with E-state index in [0.717, 1.165) is 11.0 Å². The van der Waals surface area contributed by atoms with Gasteiger partial charge in [-0.05, 0) is 33.8 Å². The number of hydrogen-bond acceptors (Lipinski definition) is 6. The van der Waals surface area contributed by atoms with E-state index in [2.05, 4.69) is 15.2 Å². The summed E-state index contributed by atoms with van der Waals surface area (Å²) >= 11 is 0. The monoisotopic (exact) mass is 314 g/mol. The van der Waals surface area contributed by atoms with Crippen molar-refractivity contribution in [2.24, 2.45) is 0 Å². The Balaban J connectivity index is 1.84. The molecule has 0 bridgehead atoms. The lowest BCUT2D eigenvalue weighted by molar-refractivity contribution is 0.0463. The Morgan fingerprint density at radius 3 is 2.78 bits per heavy atom. The third kappa shape index (κ3) is 2.94. The van der Waals surface area contributed by atoms with Crippen molar-refractivity contribution in [2.75, 3.05) is 0 Å². The van der Waals surface area contributed by atoms with Crippen LogP contribution in [-0.2, 0) is 11.3 Å². The average molecular weight is 314 g/mol. The molecule has 0 radical (unpaired) electrons. The quantitative estimate of drug-likeness (QED) is 0.688. The van der Waals surface area contributed by atoms with Crippen LogP contribution in [0.3, 0.4) is 0 Å². The molecule has 0 unspecified atom stereocenters. The topological polar surface area (TPSA) is 83.0 Å². The first-order valence-corrected chi connectivity index (χ1v) is 7.40. The first-order chi connectivity index (χ1) is 11.0. The van der Waals surface area contributed by atoms with Crippen LogP contribution in [0.4, 0.5) is 0 Å². The van der Waals surface area contributed by atoms with Crippen molar-refractivity contribution in [3.05, 3.63) is 41.0 Å². The normalized spacial score (nSPS) is 11.3. The molecule has 3 rings (SSSR count). The summed E-state index contributed by atoms with van der Waals surface area (Å²) in [6.07, 6.45) is 1.71. The molecule has 0 aliphatic heterocycles. The van der Waals surface area contributed by atoms with Gasteiger partial charge < -0.3 is 9.26 Å². The fourth-order valence-electron chi connectivity index (χ4n) is 2.35. The summed E-state index contributed by atoms with van der Waals surface area (Å²) < 4.78 is 12.1. The van der Waals surface area contributed by atoms with E-state index >= 15 is 0 Å². The highest BCUT2D eigenvalue weighted by Crippen LogP contribution is 2.20. The van der Waals surface area contributed by atoms with Crippen molar-refractivity contribution in [2.45, 2.75) is 40.3 Å². The standard InChI is InChI=1S/C16H18N4O3/c1-9(2)20-15-12(7-17-20)6-14(11(4)18-15)16(21)22-8-13-5-10(3)23-19-13/h5-7,9H,8H2,1-4H3. The van der Waals surface area contributed by atoms with Gasteiger partial charge in [0.15, 0.2) is 5.65 Å². The number of aryl methyl sites for hydroxylation is 2. The minimum atomic E-state index is -0.435. The molecule has 0 fully saturated rings. The number of nitrogens with zero attached hydrogens (tertiary/aromatic N) is 4. The Hall–Kier alpha value is -2.70. The van der Waals surface area contributed by atoms with Gasteiger partial charge in [0, 0.05) is 17.5 Å². The Morgan fingerprint density at radius 2 is 2.13 bits per heavy atom. The second-order valence-corrected chi connectivity index (χ2v) is 5.72. The largest absolute Gasteiger partial charge is 0.455 e. The molecule has 3 heterocycles. The molecule has 23 heavy (non-hydrogen) atoms. The third-order valence-electron chi connectivity index (χ3n) is 3.50. The molecule has 7 heteroatoms. The lowest BCUT2D eigenvalue weighted by Crippen LogP contribution is -2.10. The lowest BCUT2D eigenvalue weighted by atomic mass is 10.2. The van der Waals surface area contributed by atoms with E-state index in [9.17, 15) is 4.79 Å². The van der Waals surface area contributed by atoms with Crippen LogP contribution >= 0.6 is 0 Å². The number of fused-ring (bicyclic) bond motifs is 1. The van der Waals surface area contributed by atoms with Gasteiger partial charge >= 0.3 is 5.97 Å². The molecule has 0 aromatic carbocycles. The smallest absolute Gasteiger partial charge is 0.340 e. The summed E-state index contributed by atoms with van der Waals surface area (Å²) in [5.74, 6) is 0.242. The van der Waals surface area contributed by atoms with Crippen LogP contribution in [-0.4, -0.2) is 25.9 Å². The summed E-state index contributed by atoms with van der Waals surface area (Å²) in [6, 6.07) is 3.70. The molecule has 0 aliphatic rings. The molecule has 7 nitrogen and oxygen atoms in total. The summed E-state index contributed by atoms with van der Waals surface area (Å²) in [5, 5.41) is 8.92. The Bertz CT molecular complexity index is 863. The van der Waals surface area contributed by atoms with E-state index in [-0.39, 0.29) is 12.6 Å². The van der Waals surface area contributed by atoms with Crippen LogP contribution < -0.4 is 0 Å². The fourth-order valence-corrected chi connectivity index (χ4v) is 2.35. The van der Waals surface area contributed by atoms with Crippen molar-refractivity contribution in [3.63, 3.8) is 0 Å². The van der Waals surface area contributed by atoms with Gasteiger partial charge in [0.05, 0.1) is 17.5 Å². The van der Waals surface area contributed by atoms with Gasteiger partial charge in [-0.3, -0.25) is 0 Å². The Labute approximate surface area is 133 Å². The van der Waals surface area contributed by atoms with Crippen molar-refractivity contribution in [1.29, 1.82) is 0 Å². The van der Waals surface area contributed by atoms with Gasteiger partial charge in [0.25, 0.3) is 0 Å². The van der Waals surface area contributed by atoms with Gasteiger partial charge in [-0.2, -0.15) is 5.10 Å². The number of hydrogen-bond donors (Lipinski definition) is 0. The minimum absolute atomic E-state index is 0.0684. The number of carbonyl (C=O) groups excluding carboxylic acids is 1. The molecule has 0 aliphatic carbocycles. The number of esters is 1. The molecular weight excluding hydrogens is 296 g/mol. The van der Waals surface area contributed by atoms with Crippen LogP contribution in [0, 0.1) is 13.8 Å². The van der Waals surface area contributed by atoms with Crippen LogP contribution in [0.15, 0.2) is 22.9 Å². The summed E-state index contributed by atoms with van der Waals surface area (Å²) in [7, 11) is 0. The zero-order valence-corrected chi connectivity index (χ0v) is 13.5. The number of ether oxygens (including phenoxy) is 1. The van der Waals surface area contributed by atoms with Gasteiger partial charge in [0.2, 0.25) is 0 Å². The molecule has 3 aromatic heterocycles. The zero-order valence-electron chi connectivity index (χ0n) is 13.5. The molecule has 0 saturated heterocycles. The van der Waals surface area contributed by atoms with E-state index < -0.39 is 5.97 Å². The van der Waals surface area contributed by atoms with E-state index in [1.807, 2.05) is 18.5 Å². The maximum atomic E-state index is 12.3. The molecule has 3 aromatic rings. The second kappa shape index (κ2) is 5.83. The van der Waals surface area contributed by atoms with E-state index in [1.54, 1.807) is 32.2 Å².